The lowest BCUT2D eigenvalue weighted by atomic mass is 9.85. The van der Waals surface area contributed by atoms with E-state index in [9.17, 15) is 18.0 Å². The molecule has 0 saturated heterocycles. The van der Waals surface area contributed by atoms with E-state index in [1.807, 2.05) is 24.3 Å². The van der Waals surface area contributed by atoms with Crippen LogP contribution in [0.2, 0.25) is 0 Å². The highest BCUT2D eigenvalue weighted by molar-refractivity contribution is 5.93. The van der Waals surface area contributed by atoms with Crippen LogP contribution in [0.25, 0.3) is 0 Å². The van der Waals surface area contributed by atoms with Crippen LogP contribution in [-0.4, -0.2) is 18.9 Å². The van der Waals surface area contributed by atoms with Crippen molar-refractivity contribution in [3.05, 3.63) is 65.2 Å². The number of carbonyl (C=O) groups is 1. The molecule has 0 atom stereocenters. The van der Waals surface area contributed by atoms with Crippen LogP contribution < -0.4 is 16.0 Å². The second kappa shape index (κ2) is 9.65. The summed E-state index contributed by atoms with van der Waals surface area (Å²) < 4.78 is 38.5. The highest BCUT2D eigenvalue weighted by atomic mass is 19.4. The van der Waals surface area contributed by atoms with Crippen molar-refractivity contribution in [3.8, 4) is 0 Å². The Morgan fingerprint density at radius 3 is 2.23 bits per heavy atom. The number of aliphatic imine (C=N–C) groups is 1. The molecule has 1 aliphatic rings. The topological polar surface area (TPSA) is 65.5 Å². The number of guanidine groups is 1. The van der Waals surface area contributed by atoms with E-state index >= 15 is 0 Å². The Morgan fingerprint density at radius 1 is 1.03 bits per heavy atom. The van der Waals surface area contributed by atoms with E-state index in [1.165, 1.54) is 6.07 Å². The summed E-state index contributed by atoms with van der Waals surface area (Å²) in [6.07, 6.45) is -1.37. The van der Waals surface area contributed by atoms with E-state index in [1.54, 1.807) is 13.1 Å². The normalized spacial score (nSPS) is 14.7. The van der Waals surface area contributed by atoms with Gasteiger partial charge >= 0.3 is 6.18 Å². The molecule has 0 spiro atoms. The highest BCUT2D eigenvalue weighted by Gasteiger charge is 2.30. The maximum atomic E-state index is 12.8. The average Bonchev–Trinajstić information content (AvgIpc) is 2.66. The van der Waals surface area contributed by atoms with E-state index in [4.69, 9.17) is 0 Å². The lowest BCUT2D eigenvalue weighted by Gasteiger charge is -2.24. The summed E-state index contributed by atoms with van der Waals surface area (Å²) in [6.45, 7) is 0.663. The molecule has 0 aliphatic heterocycles. The summed E-state index contributed by atoms with van der Waals surface area (Å²) in [7, 11) is 1.59. The fraction of sp³-hybridized carbons (Fsp3) is 0.364. The van der Waals surface area contributed by atoms with Gasteiger partial charge in [0.1, 0.15) is 0 Å². The molecule has 3 N–H and O–H groups in total. The van der Waals surface area contributed by atoms with Crippen molar-refractivity contribution < 1.29 is 18.0 Å². The molecule has 8 heteroatoms. The molecule has 1 saturated carbocycles. The van der Waals surface area contributed by atoms with Crippen LogP contribution in [0.3, 0.4) is 0 Å². The molecule has 1 fully saturated rings. The monoisotopic (exact) mass is 418 g/mol. The Labute approximate surface area is 173 Å². The average molecular weight is 418 g/mol. The maximum absolute atomic E-state index is 12.8. The number of rotatable bonds is 6. The number of carbonyl (C=O) groups excluding carboxylic acids is 1. The standard InChI is InChI=1S/C22H25F3N4O/c1-26-21(27-13-15-5-2-9-18(11-15)22(23,24)25)28-14-16-6-3-10-19(12-16)29-20(30)17-7-4-8-17/h2-3,5-6,9-12,17H,4,7-8,13-14H2,1H3,(H,29,30)(H2,26,27,28). The smallest absolute Gasteiger partial charge is 0.352 e. The highest BCUT2D eigenvalue weighted by Crippen LogP contribution is 2.29. The van der Waals surface area contributed by atoms with E-state index < -0.39 is 11.7 Å². The van der Waals surface area contributed by atoms with E-state index in [2.05, 4.69) is 20.9 Å². The Morgan fingerprint density at radius 2 is 1.67 bits per heavy atom. The van der Waals surface area contributed by atoms with Gasteiger partial charge in [-0.3, -0.25) is 9.79 Å². The molecule has 0 bridgehead atoms. The molecule has 0 unspecified atom stereocenters. The van der Waals surface area contributed by atoms with Gasteiger partial charge in [0.2, 0.25) is 5.91 Å². The summed E-state index contributed by atoms with van der Waals surface area (Å²) in [5.74, 6) is 0.645. The number of hydrogen-bond donors (Lipinski definition) is 3. The summed E-state index contributed by atoms with van der Waals surface area (Å²) in [5.41, 5.74) is 1.53. The van der Waals surface area contributed by atoms with Crippen molar-refractivity contribution in [2.24, 2.45) is 10.9 Å². The van der Waals surface area contributed by atoms with Crippen LogP contribution in [0, 0.1) is 5.92 Å². The Kier molecular flexibility index (Phi) is 6.97. The van der Waals surface area contributed by atoms with Gasteiger partial charge in [0.15, 0.2) is 5.96 Å². The maximum Gasteiger partial charge on any atom is 0.416 e. The first-order chi connectivity index (χ1) is 14.3. The molecule has 2 aromatic carbocycles. The second-order valence-electron chi connectivity index (χ2n) is 7.29. The molecule has 0 radical (unpaired) electrons. The van der Waals surface area contributed by atoms with Crippen LogP contribution in [0.5, 0.6) is 0 Å². The molecular weight excluding hydrogens is 393 g/mol. The van der Waals surface area contributed by atoms with Crippen molar-refractivity contribution >= 4 is 17.6 Å². The molecule has 2 aromatic rings. The Balaban J connectivity index is 1.52. The van der Waals surface area contributed by atoms with Gasteiger partial charge in [-0.1, -0.05) is 30.7 Å². The third-order valence-corrected chi connectivity index (χ3v) is 5.07. The zero-order valence-corrected chi connectivity index (χ0v) is 16.7. The minimum atomic E-state index is -4.37. The lowest BCUT2D eigenvalue weighted by Crippen LogP contribution is -2.36. The van der Waals surface area contributed by atoms with Crippen molar-refractivity contribution in [2.75, 3.05) is 12.4 Å². The van der Waals surface area contributed by atoms with Gasteiger partial charge in [-0.05, 0) is 48.2 Å². The summed E-state index contributed by atoms with van der Waals surface area (Å²) in [5, 5.41) is 9.09. The fourth-order valence-corrected chi connectivity index (χ4v) is 3.12. The number of amides is 1. The van der Waals surface area contributed by atoms with Crippen molar-refractivity contribution in [2.45, 2.75) is 38.5 Å². The minimum absolute atomic E-state index is 0.0601. The number of hydrogen-bond acceptors (Lipinski definition) is 2. The van der Waals surface area contributed by atoms with E-state index in [-0.39, 0.29) is 18.4 Å². The molecule has 1 aliphatic carbocycles. The van der Waals surface area contributed by atoms with Crippen molar-refractivity contribution in [1.82, 2.24) is 10.6 Å². The van der Waals surface area contributed by atoms with Gasteiger partial charge in [0.25, 0.3) is 0 Å². The largest absolute Gasteiger partial charge is 0.416 e. The van der Waals surface area contributed by atoms with Gasteiger partial charge in [-0.2, -0.15) is 13.2 Å². The first-order valence-electron chi connectivity index (χ1n) is 9.85. The molecule has 0 aromatic heterocycles. The summed E-state index contributed by atoms with van der Waals surface area (Å²) in [4.78, 5) is 16.2. The van der Waals surface area contributed by atoms with Crippen molar-refractivity contribution in [3.63, 3.8) is 0 Å². The molecule has 30 heavy (non-hydrogen) atoms. The zero-order valence-electron chi connectivity index (χ0n) is 16.7. The van der Waals surface area contributed by atoms with Crippen LogP contribution in [0.1, 0.15) is 36.0 Å². The third-order valence-electron chi connectivity index (χ3n) is 5.07. The number of benzene rings is 2. The molecule has 5 nitrogen and oxygen atoms in total. The molecule has 3 rings (SSSR count). The SMILES string of the molecule is CN=C(NCc1cccc(NC(=O)C2CCC2)c1)NCc1cccc(C(F)(F)F)c1. The quantitative estimate of drug-likeness (QED) is 0.484. The number of nitrogens with one attached hydrogen (secondary N) is 3. The van der Waals surface area contributed by atoms with Gasteiger partial charge in [-0.25, -0.2) is 0 Å². The second-order valence-corrected chi connectivity index (χ2v) is 7.29. The molecule has 1 amide bonds. The Bertz CT molecular complexity index is 907. The van der Waals surface area contributed by atoms with Crippen LogP contribution in [-0.2, 0) is 24.1 Å². The Hall–Kier alpha value is -3.03. The predicted molar refractivity (Wildman–Crippen MR) is 111 cm³/mol. The van der Waals surface area contributed by atoms with Gasteiger partial charge in [0, 0.05) is 31.7 Å². The van der Waals surface area contributed by atoms with E-state index in [0.29, 0.717) is 18.1 Å². The molecular formula is C22H25F3N4O. The first kappa shape index (κ1) is 21.7. The van der Waals surface area contributed by atoms with Crippen LogP contribution in [0.15, 0.2) is 53.5 Å². The lowest BCUT2D eigenvalue weighted by molar-refractivity contribution is -0.137. The van der Waals surface area contributed by atoms with Gasteiger partial charge < -0.3 is 16.0 Å². The van der Waals surface area contributed by atoms with Gasteiger partial charge in [0.05, 0.1) is 5.56 Å². The number of halogens is 3. The van der Waals surface area contributed by atoms with E-state index in [0.717, 1.165) is 42.6 Å². The fourth-order valence-electron chi connectivity index (χ4n) is 3.12. The molecule has 0 heterocycles. The third kappa shape index (κ3) is 5.98. The molecule has 160 valence electrons. The summed E-state index contributed by atoms with van der Waals surface area (Å²) in [6, 6.07) is 12.7. The zero-order chi connectivity index (χ0) is 21.6. The summed E-state index contributed by atoms with van der Waals surface area (Å²) >= 11 is 0. The van der Waals surface area contributed by atoms with Crippen molar-refractivity contribution in [1.29, 1.82) is 0 Å². The van der Waals surface area contributed by atoms with Crippen LogP contribution >= 0.6 is 0 Å². The van der Waals surface area contributed by atoms with Crippen LogP contribution in [0.4, 0.5) is 18.9 Å². The number of anilines is 1. The van der Waals surface area contributed by atoms with Gasteiger partial charge in [-0.15, -0.1) is 0 Å². The number of alkyl halides is 3. The number of nitrogens with zero attached hydrogens (tertiary/aromatic N) is 1. The first-order valence-corrected chi connectivity index (χ1v) is 9.85. The predicted octanol–water partition coefficient (Wildman–Crippen LogP) is 4.31. The minimum Gasteiger partial charge on any atom is -0.352 e.